The van der Waals surface area contributed by atoms with Crippen molar-refractivity contribution < 1.29 is 1.43 Å². The molecule has 0 aliphatic heterocycles. The molecule has 60 valence electrons. The molecule has 0 amide bonds. The lowest BCUT2D eigenvalue weighted by atomic mass is 10.1. The van der Waals surface area contributed by atoms with Gasteiger partial charge in [0.1, 0.15) is 0 Å². The predicted octanol–water partition coefficient (Wildman–Crippen LogP) is 2.93. The van der Waals surface area contributed by atoms with Crippen LogP contribution in [-0.4, -0.2) is 7.05 Å². The first-order valence-electron chi connectivity index (χ1n) is 3.68. The molecular formula is C10H15N. The quantitative estimate of drug-likeness (QED) is 0.681. The molecule has 0 aliphatic rings. The Hall–Kier alpha value is -1.24. The molecule has 0 bridgehead atoms. The Kier molecular flexibility index (Phi) is 2.32. The molecule has 1 rings (SSSR count). The zero-order valence-corrected chi connectivity index (χ0v) is 7.02. The van der Waals surface area contributed by atoms with Gasteiger partial charge in [-0.2, -0.15) is 0 Å². The van der Waals surface area contributed by atoms with Crippen molar-refractivity contribution in [3.63, 3.8) is 0 Å². The zero-order chi connectivity index (χ0) is 8.27. The van der Waals surface area contributed by atoms with Crippen LogP contribution in [0.4, 0.5) is 5.69 Å². The van der Waals surface area contributed by atoms with Crippen molar-refractivity contribution in [2.45, 2.75) is 6.92 Å². The second kappa shape index (κ2) is 3.24. The van der Waals surface area contributed by atoms with Gasteiger partial charge in [0.15, 0.2) is 0 Å². The number of benzene rings is 1. The largest absolute Gasteiger partial charge is 0.388 e. The van der Waals surface area contributed by atoms with Crippen LogP contribution in [0.25, 0.3) is 6.08 Å². The topological polar surface area (TPSA) is 12.0 Å². The van der Waals surface area contributed by atoms with E-state index >= 15 is 0 Å². The summed E-state index contributed by atoms with van der Waals surface area (Å²) >= 11 is 0. The highest BCUT2D eigenvalue weighted by atomic mass is 14.8. The Morgan fingerprint density at radius 3 is 2.82 bits per heavy atom. The summed E-state index contributed by atoms with van der Waals surface area (Å²) in [5, 5.41) is 3.10. The molecule has 0 spiro atoms. The number of aryl methyl sites for hydroxylation is 1. The van der Waals surface area contributed by atoms with Gasteiger partial charge in [0.2, 0.25) is 0 Å². The Morgan fingerprint density at radius 2 is 2.27 bits per heavy atom. The molecule has 0 saturated carbocycles. The van der Waals surface area contributed by atoms with E-state index < -0.39 is 0 Å². The van der Waals surface area contributed by atoms with Crippen LogP contribution in [-0.2, 0) is 0 Å². The van der Waals surface area contributed by atoms with Crippen LogP contribution in [0.1, 0.15) is 12.6 Å². The summed E-state index contributed by atoms with van der Waals surface area (Å²) in [4.78, 5) is 0. The minimum absolute atomic E-state index is 0. The summed E-state index contributed by atoms with van der Waals surface area (Å²) in [6, 6.07) is 6.25. The first kappa shape index (κ1) is 7.86. The third-order valence-corrected chi connectivity index (χ3v) is 1.70. The van der Waals surface area contributed by atoms with Crippen LogP contribution < -0.4 is 5.32 Å². The van der Waals surface area contributed by atoms with Gasteiger partial charge in [-0.15, -0.1) is 0 Å². The molecule has 0 heterocycles. The van der Waals surface area contributed by atoms with Crippen LogP contribution in [0.15, 0.2) is 24.8 Å². The zero-order valence-electron chi connectivity index (χ0n) is 7.02. The van der Waals surface area contributed by atoms with E-state index in [4.69, 9.17) is 0 Å². The van der Waals surface area contributed by atoms with Crippen molar-refractivity contribution in [1.82, 2.24) is 0 Å². The summed E-state index contributed by atoms with van der Waals surface area (Å²) in [6.07, 6.45) is 1.86. The monoisotopic (exact) mass is 149 g/mol. The first-order valence-corrected chi connectivity index (χ1v) is 3.68. The van der Waals surface area contributed by atoms with Crippen molar-refractivity contribution >= 4 is 11.8 Å². The van der Waals surface area contributed by atoms with Crippen LogP contribution in [0.2, 0.25) is 0 Å². The molecular weight excluding hydrogens is 134 g/mol. The third-order valence-electron chi connectivity index (χ3n) is 1.70. The SMILES string of the molecule is C=Cc1cc(C)ccc1NC.[HH]. The number of hydrogen-bond acceptors (Lipinski definition) is 1. The molecule has 11 heavy (non-hydrogen) atoms. The van der Waals surface area contributed by atoms with Crippen LogP contribution >= 0.6 is 0 Å². The molecule has 0 unspecified atom stereocenters. The molecule has 0 saturated heterocycles. The van der Waals surface area contributed by atoms with Crippen LogP contribution in [0.3, 0.4) is 0 Å². The maximum Gasteiger partial charge on any atom is 0.0411 e. The normalized spacial score (nSPS) is 9.27. The first-order chi connectivity index (χ1) is 5.27. The van der Waals surface area contributed by atoms with E-state index in [1.165, 1.54) is 5.56 Å². The van der Waals surface area contributed by atoms with Gasteiger partial charge in [-0.05, 0) is 24.6 Å². The fourth-order valence-corrected chi connectivity index (χ4v) is 1.08. The summed E-state index contributed by atoms with van der Waals surface area (Å²) in [5.74, 6) is 0. The number of rotatable bonds is 2. The van der Waals surface area contributed by atoms with Crippen LogP contribution in [0, 0.1) is 6.92 Å². The number of hydrogen-bond donors (Lipinski definition) is 1. The molecule has 1 heteroatoms. The van der Waals surface area contributed by atoms with Crippen molar-refractivity contribution in [1.29, 1.82) is 0 Å². The molecule has 0 atom stereocenters. The van der Waals surface area contributed by atoms with Crippen molar-refractivity contribution in [3.8, 4) is 0 Å². The lowest BCUT2D eigenvalue weighted by Gasteiger charge is -2.05. The molecule has 0 aromatic heterocycles. The Morgan fingerprint density at radius 1 is 1.55 bits per heavy atom. The number of anilines is 1. The maximum absolute atomic E-state index is 3.74. The molecule has 0 radical (unpaired) electrons. The number of nitrogens with one attached hydrogen (secondary N) is 1. The molecule has 1 aromatic carbocycles. The van der Waals surface area contributed by atoms with Crippen LogP contribution in [0.5, 0.6) is 0 Å². The Labute approximate surface area is 69.2 Å². The fourth-order valence-electron chi connectivity index (χ4n) is 1.08. The molecule has 1 aromatic rings. The lowest BCUT2D eigenvalue weighted by Crippen LogP contribution is -1.91. The Balaban J connectivity index is 0.00000121. The molecule has 0 aliphatic carbocycles. The highest BCUT2D eigenvalue weighted by Crippen LogP contribution is 2.17. The van der Waals surface area contributed by atoms with Gasteiger partial charge in [-0.3, -0.25) is 0 Å². The van der Waals surface area contributed by atoms with E-state index in [0.29, 0.717) is 0 Å². The van der Waals surface area contributed by atoms with Gasteiger partial charge in [0.25, 0.3) is 0 Å². The second-order valence-corrected chi connectivity index (χ2v) is 2.54. The second-order valence-electron chi connectivity index (χ2n) is 2.54. The summed E-state index contributed by atoms with van der Waals surface area (Å²) in [6.45, 7) is 5.82. The van der Waals surface area contributed by atoms with Crippen molar-refractivity contribution in [2.24, 2.45) is 0 Å². The van der Waals surface area contributed by atoms with Gasteiger partial charge < -0.3 is 5.32 Å². The highest BCUT2D eigenvalue weighted by Gasteiger charge is 1.94. The standard InChI is InChI=1S/C10H13N.H2/c1-4-9-7-8(2)5-6-10(9)11-3;/h4-7,11H,1H2,2-3H3;1H. The minimum Gasteiger partial charge on any atom is -0.388 e. The van der Waals surface area contributed by atoms with Crippen molar-refractivity contribution in [3.05, 3.63) is 35.9 Å². The average Bonchev–Trinajstić information content (AvgIpc) is 2.04. The minimum atomic E-state index is 0. The summed E-state index contributed by atoms with van der Waals surface area (Å²) < 4.78 is 0. The lowest BCUT2D eigenvalue weighted by molar-refractivity contribution is 1.42. The van der Waals surface area contributed by atoms with Gasteiger partial charge in [0, 0.05) is 14.2 Å². The van der Waals surface area contributed by atoms with E-state index in [1.54, 1.807) is 0 Å². The van der Waals surface area contributed by atoms with Gasteiger partial charge >= 0.3 is 0 Å². The third kappa shape index (κ3) is 1.61. The van der Waals surface area contributed by atoms with E-state index in [1.807, 2.05) is 13.1 Å². The fraction of sp³-hybridized carbons (Fsp3) is 0.200. The predicted molar refractivity (Wildman–Crippen MR) is 52.9 cm³/mol. The maximum atomic E-state index is 3.74. The Bertz CT molecular complexity index is 269. The molecule has 0 fully saturated rings. The average molecular weight is 149 g/mol. The highest BCUT2D eigenvalue weighted by molar-refractivity contribution is 5.66. The van der Waals surface area contributed by atoms with Gasteiger partial charge in [0.05, 0.1) is 0 Å². The van der Waals surface area contributed by atoms with E-state index in [2.05, 4.69) is 37.0 Å². The van der Waals surface area contributed by atoms with E-state index in [-0.39, 0.29) is 1.43 Å². The van der Waals surface area contributed by atoms with E-state index in [9.17, 15) is 0 Å². The molecule has 1 nitrogen and oxygen atoms in total. The summed E-state index contributed by atoms with van der Waals surface area (Å²) in [7, 11) is 1.91. The molecule has 1 N–H and O–H groups in total. The smallest absolute Gasteiger partial charge is 0.0411 e. The van der Waals surface area contributed by atoms with Gasteiger partial charge in [-0.25, -0.2) is 0 Å². The van der Waals surface area contributed by atoms with E-state index in [0.717, 1.165) is 11.3 Å². The van der Waals surface area contributed by atoms with Gasteiger partial charge in [-0.1, -0.05) is 24.3 Å². The van der Waals surface area contributed by atoms with Crippen molar-refractivity contribution in [2.75, 3.05) is 12.4 Å². The summed E-state index contributed by atoms with van der Waals surface area (Å²) in [5.41, 5.74) is 3.55.